The van der Waals surface area contributed by atoms with Crippen LogP contribution in [0.4, 0.5) is 0 Å². The van der Waals surface area contributed by atoms with Gasteiger partial charge in [0.05, 0.1) is 5.71 Å². The summed E-state index contributed by atoms with van der Waals surface area (Å²) >= 11 is 0. The summed E-state index contributed by atoms with van der Waals surface area (Å²) in [5.74, 6) is -0.668. The van der Waals surface area contributed by atoms with Gasteiger partial charge < -0.3 is 5.11 Å². The van der Waals surface area contributed by atoms with Crippen molar-refractivity contribution in [2.45, 2.75) is 65.8 Å². The average Bonchev–Trinajstić information content (AvgIpc) is 2.55. The van der Waals surface area contributed by atoms with Crippen LogP contribution in [0, 0.1) is 0 Å². The van der Waals surface area contributed by atoms with E-state index >= 15 is 0 Å². The van der Waals surface area contributed by atoms with Crippen LogP contribution in [0.5, 0.6) is 5.88 Å². The van der Waals surface area contributed by atoms with E-state index in [-0.39, 0.29) is 17.2 Å². The Morgan fingerprint density at radius 1 is 1.21 bits per heavy atom. The molecule has 134 valence electrons. The Hall–Kier alpha value is -2.38. The van der Waals surface area contributed by atoms with Gasteiger partial charge in [0.2, 0.25) is 11.8 Å². The minimum Gasteiger partial charge on any atom is -0.494 e. The number of unbranched alkanes of at least 4 members (excludes halogenated alkanes) is 2. The number of aromatic nitrogens is 2. The molecule has 1 aromatic rings. The second-order valence-electron chi connectivity index (χ2n) is 5.51. The number of hydrazone groups is 1. The lowest BCUT2D eigenvalue weighted by molar-refractivity contribution is -0.121. The molecule has 0 fully saturated rings. The molecule has 0 aliphatic heterocycles. The van der Waals surface area contributed by atoms with Crippen LogP contribution >= 0.6 is 0 Å². The van der Waals surface area contributed by atoms with E-state index in [1.807, 2.05) is 13.8 Å². The first-order chi connectivity index (χ1) is 11.5. The second kappa shape index (κ2) is 9.69. The molecule has 24 heavy (non-hydrogen) atoms. The predicted molar refractivity (Wildman–Crippen MR) is 92.4 cm³/mol. The molecule has 1 heterocycles. The van der Waals surface area contributed by atoms with Crippen molar-refractivity contribution < 1.29 is 9.90 Å². The Morgan fingerprint density at radius 3 is 2.46 bits per heavy atom. The van der Waals surface area contributed by atoms with Gasteiger partial charge in [-0.25, -0.2) is 10.2 Å². The molecule has 0 aromatic carbocycles. The summed E-state index contributed by atoms with van der Waals surface area (Å²) in [6.07, 6.45) is 3.82. The second-order valence-corrected chi connectivity index (χ2v) is 5.51. The number of aromatic amines is 1. The lowest BCUT2D eigenvalue weighted by Crippen LogP contribution is -2.34. The quantitative estimate of drug-likeness (QED) is 0.467. The number of nitrogens with zero attached hydrogens (tertiary/aromatic N) is 2. The molecular formula is C16H26N4O4. The van der Waals surface area contributed by atoms with Gasteiger partial charge in [0.25, 0.3) is 5.56 Å². The normalized spacial score (nSPS) is 11.5. The first kappa shape index (κ1) is 19.7. The zero-order valence-electron chi connectivity index (χ0n) is 14.5. The molecule has 0 bridgehead atoms. The van der Waals surface area contributed by atoms with Crippen LogP contribution < -0.4 is 16.7 Å². The third-order valence-corrected chi connectivity index (χ3v) is 3.60. The van der Waals surface area contributed by atoms with Gasteiger partial charge >= 0.3 is 5.69 Å². The molecule has 3 N–H and O–H groups in total. The number of hydrogen-bond acceptors (Lipinski definition) is 5. The Labute approximate surface area is 140 Å². The minimum absolute atomic E-state index is 0.0796. The van der Waals surface area contributed by atoms with Crippen molar-refractivity contribution in [1.82, 2.24) is 15.0 Å². The van der Waals surface area contributed by atoms with Crippen LogP contribution in [0.1, 0.15) is 64.9 Å². The van der Waals surface area contributed by atoms with Crippen molar-refractivity contribution >= 4 is 11.6 Å². The zero-order valence-corrected chi connectivity index (χ0v) is 14.5. The summed E-state index contributed by atoms with van der Waals surface area (Å²) in [6, 6.07) is 0. The third kappa shape index (κ3) is 5.07. The van der Waals surface area contributed by atoms with Crippen molar-refractivity contribution in [2.75, 3.05) is 0 Å². The fraction of sp³-hybridized carbons (Fsp3) is 0.625. The van der Waals surface area contributed by atoms with E-state index < -0.39 is 17.1 Å². The molecule has 0 saturated carbocycles. The molecule has 1 rings (SSSR count). The fourth-order valence-electron chi connectivity index (χ4n) is 2.18. The summed E-state index contributed by atoms with van der Waals surface area (Å²) in [4.78, 5) is 37.8. The van der Waals surface area contributed by atoms with Crippen molar-refractivity contribution in [1.29, 1.82) is 0 Å². The maximum Gasteiger partial charge on any atom is 0.331 e. The number of hydrogen-bond donors (Lipinski definition) is 3. The zero-order chi connectivity index (χ0) is 18.1. The lowest BCUT2D eigenvalue weighted by Gasteiger charge is -2.12. The highest BCUT2D eigenvalue weighted by atomic mass is 16.3. The molecule has 0 radical (unpaired) electrons. The maximum absolute atomic E-state index is 12.1. The van der Waals surface area contributed by atoms with Gasteiger partial charge in [-0.15, -0.1) is 0 Å². The number of rotatable bonds is 9. The van der Waals surface area contributed by atoms with Gasteiger partial charge in [0.15, 0.2) is 0 Å². The van der Waals surface area contributed by atoms with Gasteiger partial charge in [-0.1, -0.05) is 33.6 Å². The highest BCUT2D eigenvalue weighted by Gasteiger charge is 2.18. The molecule has 0 aliphatic rings. The number of carbonyl (C=O) groups is 1. The molecule has 0 aliphatic carbocycles. The molecule has 8 heteroatoms. The van der Waals surface area contributed by atoms with E-state index in [0.717, 1.165) is 23.8 Å². The molecule has 0 atom stereocenters. The van der Waals surface area contributed by atoms with Crippen molar-refractivity contribution in [3.63, 3.8) is 0 Å². The summed E-state index contributed by atoms with van der Waals surface area (Å²) in [6.45, 7) is 5.98. The van der Waals surface area contributed by atoms with Crippen LogP contribution in [0.3, 0.4) is 0 Å². The maximum atomic E-state index is 12.1. The fourth-order valence-corrected chi connectivity index (χ4v) is 2.18. The SMILES string of the molecule is CCCCC(=O)NN=C(CC)c1c(O)n(CCCC)c(=O)[nH]c1=O. The monoisotopic (exact) mass is 338 g/mol. The van der Waals surface area contributed by atoms with Crippen LogP contribution in [0.2, 0.25) is 0 Å². The predicted octanol–water partition coefficient (Wildman–Crippen LogP) is 1.46. The van der Waals surface area contributed by atoms with E-state index in [1.165, 1.54) is 0 Å². The van der Waals surface area contributed by atoms with Gasteiger partial charge in [-0.2, -0.15) is 5.10 Å². The summed E-state index contributed by atoms with van der Waals surface area (Å²) in [5.41, 5.74) is 1.17. The van der Waals surface area contributed by atoms with E-state index in [9.17, 15) is 19.5 Å². The number of nitrogens with one attached hydrogen (secondary N) is 2. The van der Waals surface area contributed by atoms with Crippen LogP contribution in [-0.2, 0) is 11.3 Å². The minimum atomic E-state index is -0.714. The van der Waals surface area contributed by atoms with Crippen LogP contribution in [-0.4, -0.2) is 26.3 Å². The highest BCUT2D eigenvalue weighted by molar-refractivity contribution is 6.02. The Kier molecular flexibility index (Phi) is 7.94. The Morgan fingerprint density at radius 2 is 1.88 bits per heavy atom. The number of amides is 1. The summed E-state index contributed by atoms with van der Waals surface area (Å²) in [7, 11) is 0. The third-order valence-electron chi connectivity index (χ3n) is 3.60. The first-order valence-corrected chi connectivity index (χ1v) is 8.38. The smallest absolute Gasteiger partial charge is 0.331 e. The average molecular weight is 338 g/mol. The number of carbonyl (C=O) groups excluding carboxylic acids is 1. The van der Waals surface area contributed by atoms with Gasteiger partial charge in [-0.05, 0) is 19.3 Å². The first-order valence-electron chi connectivity index (χ1n) is 8.38. The van der Waals surface area contributed by atoms with Crippen LogP contribution in [0.15, 0.2) is 14.7 Å². The Balaban J connectivity index is 3.19. The van der Waals surface area contributed by atoms with E-state index in [4.69, 9.17) is 0 Å². The van der Waals surface area contributed by atoms with Crippen LogP contribution in [0.25, 0.3) is 0 Å². The lowest BCUT2D eigenvalue weighted by atomic mass is 10.1. The summed E-state index contributed by atoms with van der Waals surface area (Å²) < 4.78 is 1.12. The summed E-state index contributed by atoms with van der Waals surface area (Å²) in [5, 5.41) is 14.3. The molecular weight excluding hydrogens is 312 g/mol. The molecule has 0 spiro atoms. The number of H-pyrrole nitrogens is 1. The van der Waals surface area contributed by atoms with Crippen molar-refractivity contribution in [3.8, 4) is 5.88 Å². The molecule has 1 amide bonds. The topological polar surface area (TPSA) is 117 Å². The van der Waals surface area contributed by atoms with Crippen molar-refractivity contribution in [2.24, 2.45) is 5.10 Å². The Bertz CT molecular complexity index is 703. The number of aromatic hydroxyl groups is 1. The van der Waals surface area contributed by atoms with Crippen molar-refractivity contribution in [3.05, 3.63) is 26.4 Å². The van der Waals surface area contributed by atoms with Gasteiger partial charge in [0, 0.05) is 13.0 Å². The van der Waals surface area contributed by atoms with Gasteiger partial charge in [0.1, 0.15) is 5.56 Å². The molecule has 1 aromatic heterocycles. The van der Waals surface area contributed by atoms with E-state index in [2.05, 4.69) is 15.5 Å². The molecule has 0 unspecified atom stereocenters. The largest absolute Gasteiger partial charge is 0.494 e. The molecule has 8 nitrogen and oxygen atoms in total. The standard InChI is InChI=1S/C16H26N4O4/c1-4-7-9-12(21)19-18-11(6-3)13-14(22)17-16(24)20(15(13)23)10-8-5-2/h23H,4-10H2,1-3H3,(H,19,21)(H,17,22,24). The highest BCUT2D eigenvalue weighted by Crippen LogP contribution is 2.13. The van der Waals surface area contributed by atoms with E-state index in [1.54, 1.807) is 6.92 Å². The van der Waals surface area contributed by atoms with Gasteiger partial charge in [-0.3, -0.25) is 19.1 Å². The van der Waals surface area contributed by atoms with E-state index in [0.29, 0.717) is 25.8 Å². The molecule has 0 saturated heterocycles.